The number of anilines is 1. The Morgan fingerprint density at radius 1 is 1.53 bits per heavy atom. The molecule has 0 saturated carbocycles. The third-order valence-corrected chi connectivity index (χ3v) is 3.27. The fraction of sp³-hybridized carbons (Fsp3) is 0.300. The van der Waals surface area contributed by atoms with Crippen LogP contribution >= 0.6 is 11.8 Å². The number of aromatic nitrogens is 4. The molecule has 7 heteroatoms. The van der Waals surface area contributed by atoms with Gasteiger partial charge in [0.1, 0.15) is 5.03 Å². The van der Waals surface area contributed by atoms with Crippen molar-refractivity contribution in [3.05, 3.63) is 28.3 Å². The Labute approximate surface area is 102 Å². The van der Waals surface area contributed by atoms with Gasteiger partial charge in [0.25, 0.3) is 0 Å². The van der Waals surface area contributed by atoms with E-state index in [9.17, 15) is 4.79 Å². The Morgan fingerprint density at radius 3 is 3.00 bits per heavy atom. The maximum atomic E-state index is 11.4. The molecule has 0 aliphatic rings. The first-order valence-electron chi connectivity index (χ1n) is 5.18. The van der Waals surface area contributed by atoms with E-state index in [1.54, 1.807) is 6.07 Å². The molecule has 0 aromatic carbocycles. The van der Waals surface area contributed by atoms with Crippen molar-refractivity contribution in [2.75, 3.05) is 5.73 Å². The van der Waals surface area contributed by atoms with Crippen LogP contribution in [0.15, 0.2) is 27.1 Å². The quantitative estimate of drug-likeness (QED) is 0.850. The summed E-state index contributed by atoms with van der Waals surface area (Å²) in [6.07, 6.45) is 0. The first-order valence-corrected chi connectivity index (χ1v) is 5.99. The molecule has 0 amide bonds. The van der Waals surface area contributed by atoms with Gasteiger partial charge >= 0.3 is 5.69 Å². The SMILES string of the molecule is CCn1c(Sc2nc(C)ccc2N)n[nH]c1=O. The van der Waals surface area contributed by atoms with Crippen LogP contribution in [0.4, 0.5) is 5.69 Å². The van der Waals surface area contributed by atoms with Gasteiger partial charge in [-0.05, 0) is 37.7 Å². The molecule has 17 heavy (non-hydrogen) atoms. The smallest absolute Gasteiger partial charge is 0.343 e. The van der Waals surface area contributed by atoms with Gasteiger partial charge in [0.15, 0.2) is 5.16 Å². The summed E-state index contributed by atoms with van der Waals surface area (Å²) < 4.78 is 1.54. The number of hydrogen-bond acceptors (Lipinski definition) is 5. The Bertz CT molecular complexity index is 589. The molecule has 0 spiro atoms. The molecule has 6 nitrogen and oxygen atoms in total. The molecule has 2 aromatic rings. The number of nitrogens with one attached hydrogen (secondary N) is 1. The van der Waals surface area contributed by atoms with Crippen molar-refractivity contribution in [2.45, 2.75) is 30.6 Å². The number of pyridine rings is 1. The predicted octanol–water partition coefficient (Wildman–Crippen LogP) is 1.03. The third-order valence-electron chi connectivity index (χ3n) is 2.26. The monoisotopic (exact) mass is 251 g/mol. The minimum Gasteiger partial charge on any atom is -0.397 e. The summed E-state index contributed by atoms with van der Waals surface area (Å²) >= 11 is 1.28. The summed E-state index contributed by atoms with van der Waals surface area (Å²) in [7, 11) is 0. The van der Waals surface area contributed by atoms with Crippen molar-refractivity contribution < 1.29 is 0 Å². The van der Waals surface area contributed by atoms with Crippen molar-refractivity contribution in [3.8, 4) is 0 Å². The topological polar surface area (TPSA) is 89.6 Å². The van der Waals surface area contributed by atoms with E-state index in [2.05, 4.69) is 15.2 Å². The highest BCUT2D eigenvalue weighted by Gasteiger charge is 2.11. The van der Waals surface area contributed by atoms with Crippen molar-refractivity contribution in [1.29, 1.82) is 0 Å². The largest absolute Gasteiger partial charge is 0.397 e. The molecule has 0 atom stereocenters. The summed E-state index contributed by atoms with van der Waals surface area (Å²) in [5.41, 5.74) is 7.07. The van der Waals surface area contributed by atoms with Crippen LogP contribution in [-0.2, 0) is 6.54 Å². The van der Waals surface area contributed by atoms with E-state index in [0.717, 1.165) is 5.69 Å². The minimum absolute atomic E-state index is 0.221. The van der Waals surface area contributed by atoms with Gasteiger partial charge in [-0.2, -0.15) is 0 Å². The third kappa shape index (κ3) is 2.33. The van der Waals surface area contributed by atoms with E-state index in [-0.39, 0.29) is 5.69 Å². The van der Waals surface area contributed by atoms with Gasteiger partial charge in [-0.25, -0.2) is 14.9 Å². The van der Waals surface area contributed by atoms with Crippen LogP contribution in [0.5, 0.6) is 0 Å². The zero-order valence-electron chi connectivity index (χ0n) is 9.60. The number of nitrogens with zero attached hydrogens (tertiary/aromatic N) is 3. The molecule has 0 aliphatic carbocycles. The number of hydrogen-bond donors (Lipinski definition) is 2. The van der Waals surface area contributed by atoms with Gasteiger partial charge in [0, 0.05) is 12.2 Å². The van der Waals surface area contributed by atoms with E-state index >= 15 is 0 Å². The summed E-state index contributed by atoms with van der Waals surface area (Å²) in [6.45, 7) is 4.33. The Kier molecular flexibility index (Phi) is 3.19. The molecule has 0 unspecified atom stereocenters. The number of H-pyrrole nitrogens is 1. The summed E-state index contributed by atoms with van der Waals surface area (Å²) in [5, 5.41) is 7.59. The molecule has 0 saturated heterocycles. The number of aromatic amines is 1. The molecule has 0 aliphatic heterocycles. The number of nitrogens with two attached hydrogens (primary N) is 1. The second-order valence-corrected chi connectivity index (χ2v) is 4.46. The van der Waals surface area contributed by atoms with Crippen molar-refractivity contribution in [3.63, 3.8) is 0 Å². The number of rotatable bonds is 3. The van der Waals surface area contributed by atoms with Crippen LogP contribution in [0.25, 0.3) is 0 Å². The Balaban J connectivity index is 2.37. The fourth-order valence-corrected chi connectivity index (χ4v) is 2.33. The molecular weight excluding hydrogens is 238 g/mol. The van der Waals surface area contributed by atoms with E-state index < -0.39 is 0 Å². The molecule has 0 fully saturated rings. The lowest BCUT2D eigenvalue weighted by molar-refractivity contribution is 0.660. The van der Waals surface area contributed by atoms with E-state index in [1.165, 1.54) is 16.3 Å². The molecule has 2 rings (SSSR count). The zero-order chi connectivity index (χ0) is 12.4. The van der Waals surface area contributed by atoms with Crippen LogP contribution in [0.1, 0.15) is 12.6 Å². The maximum Gasteiger partial charge on any atom is 0.343 e. The highest BCUT2D eigenvalue weighted by Crippen LogP contribution is 2.28. The molecule has 3 N–H and O–H groups in total. The van der Waals surface area contributed by atoms with Crippen molar-refractivity contribution >= 4 is 17.4 Å². The first-order chi connectivity index (χ1) is 8.11. The molecule has 90 valence electrons. The highest BCUT2D eigenvalue weighted by molar-refractivity contribution is 7.99. The van der Waals surface area contributed by atoms with E-state index in [4.69, 9.17) is 5.73 Å². The lowest BCUT2D eigenvalue weighted by Crippen LogP contribution is -2.16. The maximum absolute atomic E-state index is 11.4. The molecular formula is C10H13N5OS. The second kappa shape index (κ2) is 4.62. The van der Waals surface area contributed by atoms with Crippen LogP contribution < -0.4 is 11.4 Å². The van der Waals surface area contributed by atoms with Gasteiger partial charge in [0.2, 0.25) is 0 Å². The molecule has 2 aromatic heterocycles. The van der Waals surface area contributed by atoms with Gasteiger partial charge in [-0.1, -0.05) is 0 Å². The predicted molar refractivity (Wildman–Crippen MR) is 66.0 cm³/mol. The standard InChI is InChI=1S/C10H13N5OS/c1-3-15-9(16)13-14-10(15)17-8-7(11)5-4-6(2)12-8/h4-5H,3,11H2,1-2H3,(H,13,16). The summed E-state index contributed by atoms with van der Waals surface area (Å²) in [5.74, 6) is 0. The molecule has 0 bridgehead atoms. The minimum atomic E-state index is -0.221. The molecule has 0 radical (unpaired) electrons. The van der Waals surface area contributed by atoms with Crippen LogP contribution in [0.3, 0.4) is 0 Å². The lowest BCUT2D eigenvalue weighted by Gasteiger charge is -2.05. The van der Waals surface area contributed by atoms with Crippen LogP contribution in [0.2, 0.25) is 0 Å². The van der Waals surface area contributed by atoms with Crippen molar-refractivity contribution in [2.24, 2.45) is 0 Å². The average Bonchev–Trinajstić information content (AvgIpc) is 2.64. The summed E-state index contributed by atoms with van der Waals surface area (Å²) in [6, 6.07) is 3.64. The lowest BCUT2D eigenvalue weighted by atomic mass is 10.3. The van der Waals surface area contributed by atoms with Crippen LogP contribution in [-0.4, -0.2) is 19.7 Å². The van der Waals surface area contributed by atoms with E-state index in [1.807, 2.05) is 19.9 Å². The van der Waals surface area contributed by atoms with Crippen molar-refractivity contribution in [1.82, 2.24) is 19.7 Å². The summed E-state index contributed by atoms with van der Waals surface area (Å²) in [4.78, 5) is 15.7. The van der Waals surface area contributed by atoms with Gasteiger partial charge in [-0.15, -0.1) is 5.10 Å². The fourth-order valence-electron chi connectivity index (χ4n) is 1.37. The second-order valence-electron chi connectivity index (χ2n) is 3.50. The number of nitrogen functional groups attached to an aromatic ring is 1. The first kappa shape index (κ1) is 11.7. The average molecular weight is 251 g/mol. The van der Waals surface area contributed by atoms with Gasteiger partial charge in [-0.3, -0.25) is 4.57 Å². The Hall–Kier alpha value is -1.76. The molecule has 2 heterocycles. The number of aryl methyl sites for hydroxylation is 1. The van der Waals surface area contributed by atoms with E-state index in [0.29, 0.717) is 22.4 Å². The zero-order valence-corrected chi connectivity index (χ0v) is 10.4. The van der Waals surface area contributed by atoms with Crippen LogP contribution in [0, 0.1) is 6.92 Å². The highest BCUT2D eigenvalue weighted by atomic mass is 32.2. The van der Waals surface area contributed by atoms with Gasteiger partial charge in [0.05, 0.1) is 5.69 Å². The normalized spacial score (nSPS) is 10.7. The van der Waals surface area contributed by atoms with Gasteiger partial charge < -0.3 is 5.73 Å². The Morgan fingerprint density at radius 2 is 2.29 bits per heavy atom.